The van der Waals surface area contributed by atoms with Crippen molar-refractivity contribution >= 4 is 57.9 Å². The highest BCUT2D eigenvalue weighted by Crippen LogP contribution is 2.59. The number of aromatic nitrogens is 4. The minimum atomic E-state index is -2.18. The summed E-state index contributed by atoms with van der Waals surface area (Å²) in [7, 11) is -5.31. The van der Waals surface area contributed by atoms with Crippen molar-refractivity contribution < 1.29 is 23.3 Å². The van der Waals surface area contributed by atoms with Crippen LogP contribution in [0.15, 0.2) is 73.3 Å². The van der Waals surface area contributed by atoms with Gasteiger partial charge in [-0.15, -0.1) is 0 Å². The van der Waals surface area contributed by atoms with Crippen LogP contribution in [-0.2, 0) is 23.3 Å². The van der Waals surface area contributed by atoms with Crippen LogP contribution >= 0.6 is 8.53 Å². The molecule has 3 fully saturated rings. The number of fused-ring (bicyclic) bond motifs is 2. The van der Waals surface area contributed by atoms with Gasteiger partial charge in [-0.05, 0) is 31.4 Å². The second-order valence-electron chi connectivity index (χ2n) is 17.5. The molecule has 308 valence electrons. The van der Waals surface area contributed by atoms with Crippen LogP contribution in [0, 0.1) is 0 Å². The molecule has 1 N–H and O–H groups in total. The zero-order valence-electron chi connectivity index (χ0n) is 35.3. The monoisotopic (exact) mass is 830 g/mol. The highest BCUT2D eigenvalue weighted by atomic mass is 31.2. The summed E-state index contributed by atoms with van der Waals surface area (Å²) in [6.07, 6.45) is 4.63. The number of amides is 1. The molecule has 1 unspecified atom stereocenters. The summed E-state index contributed by atoms with van der Waals surface area (Å²) in [4.78, 5) is 25.7. The first-order valence-corrected chi connectivity index (χ1v) is 27.4. The molecule has 3 aliphatic heterocycles. The van der Waals surface area contributed by atoms with Gasteiger partial charge in [0.1, 0.15) is 26.6 Å². The summed E-state index contributed by atoms with van der Waals surface area (Å²) >= 11 is 0. The van der Waals surface area contributed by atoms with Crippen molar-refractivity contribution in [2.45, 2.75) is 147 Å². The third-order valence-electron chi connectivity index (χ3n) is 13.5. The van der Waals surface area contributed by atoms with Gasteiger partial charge in [-0.2, -0.15) is 0 Å². The number of imidazole rings is 1. The van der Waals surface area contributed by atoms with Crippen molar-refractivity contribution in [1.29, 1.82) is 0 Å². The molecule has 2 aromatic heterocycles. The van der Waals surface area contributed by atoms with Crippen LogP contribution in [0.1, 0.15) is 80.9 Å². The van der Waals surface area contributed by atoms with E-state index in [1.54, 1.807) is 6.33 Å². The topological polar surface area (TPSA) is 113 Å². The first-order chi connectivity index (χ1) is 27.4. The third-order valence-corrected chi connectivity index (χ3v) is 27.2. The molecule has 57 heavy (non-hydrogen) atoms. The molecule has 11 nitrogen and oxygen atoms in total. The molecule has 3 saturated heterocycles. The minimum Gasteiger partial charge on any atom is -0.371 e. The quantitative estimate of drug-likeness (QED) is 0.0878. The normalized spacial score (nSPS) is 25.6. The minimum absolute atomic E-state index is 0.0597. The van der Waals surface area contributed by atoms with Gasteiger partial charge >= 0.3 is 0 Å². The number of rotatable bonds is 16. The maximum absolute atomic E-state index is 12.1. The standard InChI is InChI=1S/C43H63N6O5PSi2/c1-10-36-39(54-55-49-23-17-22-35(49)37(53-55)26-56(9,33-18-13-11-14-19-33)34-20-15-12-16-21-34)40(51-24-25-57(29(2)3,30(4)5)31(6)7)43(52-36)48-28-46-38-41(47-32(8)50)44-27-45-42(38)48/h11-16,18-21,27-31,35-37,39-40,43H,10,17,22-26H2,1-9H3,(H,44,45,47,50)/t35-,36+,37+,39-,40?,43+,55+/m0/s1. The number of nitrogens with one attached hydrogen (secondary N) is 1. The van der Waals surface area contributed by atoms with Crippen LogP contribution in [0.25, 0.3) is 11.2 Å². The number of nitrogens with zero attached hydrogens (tertiary/aromatic N) is 5. The van der Waals surface area contributed by atoms with Crippen LogP contribution in [0.3, 0.4) is 0 Å². The fourth-order valence-electron chi connectivity index (χ4n) is 10.5. The Morgan fingerprint density at radius 1 is 0.930 bits per heavy atom. The number of hydrogen-bond acceptors (Lipinski definition) is 9. The van der Waals surface area contributed by atoms with E-state index in [-0.39, 0.29) is 24.2 Å². The number of carbonyl (C=O) groups excluding carboxylic acids is 1. The number of ether oxygens (including phenoxy) is 2. The van der Waals surface area contributed by atoms with Crippen molar-refractivity contribution in [3.05, 3.63) is 73.3 Å². The fraction of sp³-hybridized carbons (Fsp3) is 0.581. The van der Waals surface area contributed by atoms with Crippen molar-refractivity contribution in [1.82, 2.24) is 24.2 Å². The zero-order chi connectivity index (χ0) is 40.5. The lowest BCUT2D eigenvalue weighted by Crippen LogP contribution is -2.58. The molecule has 3 aliphatic rings. The summed E-state index contributed by atoms with van der Waals surface area (Å²) in [5, 5.41) is 5.66. The van der Waals surface area contributed by atoms with Gasteiger partial charge in [0.2, 0.25) is 5.91 Å². The van der Waals surface area contributed by atoms with E-state index in [1.165, 1.54) is 23.6 Å². The Morgan fingerprint density at radius 3 is 2.18 bits per heavy atom. The largest absolute Gasteiger partial charge is 0.371 e. The Morgan fingerprint density at radius 2 is 1.58 bits per heavy atom. The summed E-state index contributed by atoms with van der Waals surface area (Å²) in [6.45, 7) is 22.1. The second-order valence-corrected chi connectivity index (χ2v) is 29.3. The van der Waals surface area contributed by atoms with E-state index in [4.69, 9.17) is 18.5 Å². The van der Waals surface area contributed by atoms with Crippen LogP contribution in [0.4, 0.5) is 5.82 Å². The molecule has 0 spiro atoms. The van der Waals surface area contributed by atoms with E-state index in [1.807, 2.05) is 4.57 Å². The van der Waals surface area contributed by atoms with Gasteiger partial charge in [-0.3, -0.25) is 9.36 Å². The van der Waals surface area contributed by atoms with Crippen molar-refractivity contribution in [2.24, 2.45) is 0 Å². The number of anilines is 1. The molecular weight excluding hydrogens is 768 g/mol. The Balaban J connectivity index is 1.20. The molecule has 0 aliphatic carbocycles. The summed E-state index contributed by atoms with van der Waals surface area (Å²) in [5.74, 6) is 0.155. The van der Waals surface area contributed by atoms with E-state index >= 15 is 0 Å². The van der Waals surface area contributed by atoms with Gasteiger partial charge in [-0.25, -0.2) is 19.6 Å². The smallest absolute Gasteiger partial charge is 0.259 e. The van der Waals surface area contributed by atoms with Gasteiger partial charge in [-0.1, -0.05) is 143 Å². The van der Waals surface area contributed by atoms with E-state index in [9.17, 15) is 4.79 Å². The highest BCUT2D eigenvalue weighted by Gasteiger charge is 2.55. The Labute approximate surface area is 342 Å². The van der Waals surface area contributed by atoms with Crippen molar-refractivity contribution in [3.8, 4) is 0 Å². The second kappa shape index (κ2) is 17.8. The first kappa shape index (κ1) is 42.3. The average Bonchev–Trinajstić information content (AvgIpc) is 3.98. The maximum atomic E-state index is 12.1. The van der Waals surface area contributed by atoms with Crippen molar-refractivity contribution in [3.63, 3.8) is 0 Å². The molecule has 1 amide bonds. The molecule has 7 atom stereocenters. The summed E-state index contributed by atoms with van der Waals surface area (Å²) in [5.41, 5.74) is 2.94. The molecule has 4 aromatic rings. The fourth-order valence-corrected chi connectivity index (χ4v) is 22.7. The number of hydrogen-bond donors (Lipinski definition) is 1. The lowest BCUT2D eigenvalue weighted by Gasteiger charge is -2.43. The third kappa shape index (κ3) is 8.20. The van der Waals surface area contributed by atoms with Crippen LogP contribution < -0.4 is 15.7 Å². The Bertz CT molecular complexity index is 1890. The van der Waals surface area contributed by atoms with Gasteiger partial charge < -0.3 is 23.8 Å². The zero-order valence-corrected chi connectivity index (χ0v) is 38.2. The van der Waals surface area contributed by atoms with Crippen LogP contribution in [-0.4, -0.2) is 89.9 Å². The van der Waals surface area contributed by atoms with Gasteiger partial charge in [0.05, 0.1) is 26.6 Å². The van der Waals surface area contributed by atoms with Crippen LogP contribution in [0.5, 0.6) is 0 Å². The number of carbonyl (C=O) groups is 1. The lowest BCUT2D eigenvalue weighted by atomic mass is 10.1. The Kier molecular flexibility index (Phi) is 13.2. The average molecular weight is 831 g/mol. The molecule has 14 heteroatoms. The van der Waals surface area contributed by atoms with Crippen LogP contribution in [0.2, 0.25) is 35.3 Å². The SMILES string of the molecule is CC[C@H]1O[C@@H](n2cnc3c(NC(C)=O)ncnc32)C(OCC[Si](C(C)C)(C(C)C)C(C)C)[C@H]1O[P@@]1O[C@H](C[Si](C)(c2ccccc2)c2ccccc2)[C@@H]2CCCN21. The molecule has 0 radical (unpaired) electrons. The van der Waals surface area contributed by atoms with Gasteiger partial charge in [0.15, 0.2) is 23.2 Å². The molecule has 0 bridgehead atoms. The Hall–Kier alpha value is -2.88. The highest BCUT2D eigenvalue weighted by molar-refractivity contribution is 7.45. The van der Waals surface area contributed by atoms with E-state index < -0.39 is 37.0 Å². The predicted molar refractivity (Wildman–Crippen MR) is 234 cm³/mol. The summed E-state index contributed by atoms with van der Waals surface area (Å²) in [6, 6.07) is 24.5. The van der Waals surface area contributed by atoms with Crippen molar-refractivity contribution in [2.75, 3.05) is 18.5 Å². The summed E-state index contributed by atoms with van der Waals surface area (Å²) < 4.78 is 33.1. The maximum Gasteiger partial charge on any atom is 0.259 e. The molecule has 0 saturated carbocycles. The molecule has 5 heterocycles. The van der Waals surface area contributed by atoms with E-state index in [0.29, 0.717) is 46.3 Å². The van der Waals surface area contributed by atoms with E-state index in [0.717, 1.165) is 37.9 Å². The molecule has 2 aromatic carbocycles. The van der Waals surface area contributed by atoms with Gasteiger partial charge in [0, 0.05) is 26.1 Å². The van der Waals surface area contributed by atoms with E-state index in [2.05, 4.69) is 141 Å². The molecule has 7 rings (SSSR count). The van der Waals surface area contributed by atoms with Gasteiger partial charge in [0.25, 0.3) is 8.53 Å². The first-order valence-electron chi connectivity index (χ1n) is 21.1. The lowest BCUT2D eigenvalue weighted by molar-refractivity contribution is -0.114. The predicted octanol–water partition coefficient (Wildman–Crippen LogP) is 8.52. The molecular formula is C43H63N6O5PSi2. The number of benzene rings is 2.